The first-order valence-electron chi connectivity index (χ1n) is 9.72. The number of carboxylic acids is 1. The van der Waals surface area contributed by atoms with Gasteiger partial charge in [-0.25, -0.2) is 0 Å². The van der Waals surface area contributed by atoms with Gasteiger partial charge >= 0.3 is 5.97 Å². The fraction of sp³-hybridized carbons (Fsp3) is 0.409. The highest BCUT2D eigenvalue weighted by atomic mass is 16.7. The van der Waals surface area contributed by atoms with Crippen molar-refractivity contribution in [3.8, 4) is 11.5 Å². The van der Waals surface area contributed by atoms with Gasteiger partial charge in [0.2, 0.25) is 6.79 Å². The summed E-state index contributed by atoms with van der Waals surface area (Å²) in [4.78, 5) is 13.5. The lowest BCUT2D eigenvalue weighted by Gasteiger charge is -2.31. The predicted octanol–water partition coefficient (Wildman–Crippen LogP) is 3.32. The van der Waals surface area contributed by atoms with Crippen LogP contribution in [0, 0.1) is 5.92 Å². The molecule has 6 heteroatoms. The molecular weight excluding hydrogens is 358 g/mol. The maximum atomic E-state index is 11.3. The summed E-state index contributed by atoms with van der Waals surface area (Å²) in [5.41, 5.74) is 1.95. The van der Waals surface area contributed by atoms with Crippen LogP contribution in [0.5, 0.6) is 11.5 Å². The Hall–Kier alpha value is -2.57. The Morgan fingerprint density at radius 3 is 2.36 bits per heavy atom. The maximum absolute atomic E-state index is 11.3. The van der Waals surface area contributed by atoms with Crippen molar-refractivity contribution in [3.05, 3.63) is 59.7 Å². The van der Waals surface area contributed by atoms with E-state index in [0.717, 1.165) is 42.0 Å². The Balaban J connectivity index is 1.50. The molecule has 2 aliphatic heterocycles. The molecule has 2 aromatic carbocycles. The van der Waals surface area contributed by atoms with E-state index in [2.05, 4.69) is 4.90 Å². The van der Waals surface area contributed by atoms with Crippen molar-refractivity contribution in [3.63, 3.8) is 0 Å². The number of rotatable bonds is 5. The number of carbonyl (C=O) groups is 1. The Morgan fingerprint density at radius 1 is 1.07 bits per heavy atom. The molecule has 0 saturated carbocycles. The summed E-state index contributed by atoms with van der Waals surface area (Å²) < 4.78 is 17.9. The second kappa shape index (κ2) is 8.63. The van der Waals surface area contributed by atoms with Gasteiger partial charge in [0, 0.05) is 24.2 Å². The first-order chi connectivity index (χ1) is 13.7. The molecule has 2 heterocycles. The number of ether oxygens (including phenoxy) is 3. The number of aliphatic carboxylic acids is 1. The average Bonchev–Trinajstić information content (AvgIpc) is 2.71. The van der Waals surface area contributed by atoms with Crippen molar-refractivity contribution < 1.29 is 24.1 Å². The second-order valence-electron chi connectivity index (χ2n) is 7.21. The third-order valence-electron chi connectivity index (χ3n) is 5.38. The Bertz CT molecular complexity index is 777. The van der Waals surface area contributed by atoms with E-state index in [-0.39, 0.29) is 18.8 Å². The van der Waals surface area contributed by atoms with Gasteiger partial charge < -0.3 is 24.2 Å². The predicted molar refractivity (Wildman–Crippen MR) is 104 cm³/mol. The lowest BCUT2D eigenvalue weighted by Crippen LogP contribution is -2.40. The van der Waals surface area contributed by atoms with E-state index < -0.39 is 5.97 Å². The van der Waals surface area contributed by atoms with Crippen LogP contribution in [0.25, 0.3) is 0 Å². The van der Waals surface area contributed by atoms with Gasteiger partial charge in [0.1, 0.15) is 17.6 Å². The normalized spacial score (nSPS) is 20.1. The van der Waals surface area contributed by atoms with Gasteiger partial charge in [-0.2, -0.15) is 0 Å². The monoisotopic (exact) mass is 383 g/mol. The third-order valence-corrected chi connectivity index (χ3v) is 5.38. The summed E-state index contributed by atoms with van der Waals surface area (Å²) in [6.07, 6.45) is 1.37. The summed E-state index contributed by atoms with van der Waals surface area (Å²) in [5, 5.41) is 9.28. The standard InChI is InChI=1S/C22H25NO5/c24-22(25)16-6-5-11-23(14-16)12-13-26-21-17-7-1-3-9-19(17)27-15-28-20-10-4-2-8-18(20)21/h1-4,7-10,16,21H,5-6,11-15H2,(H,24,25)/t16-/m1/s1. The van der Waals surface area contributed by atoms with Crippen LogP contribution in [0.2, 0.25) is 0 Å². The van der Waals surface area contributed by atoms with Crippen LogP contribution in [0.1, 0.15) is 30.1 Å². The molecule has 1 saturated heterocycles. The van der Waals surface area contributed by atoms with Crippen LogP contribution in [-0.2, 0) is 9.53 Å². The second-order valence-corrected chi connectivity index (χ2v) is 7.21. The van der Waals surface area contributed by atoms with Gasteiger partial charge in [-0.15, -0.1) is 0 Å². The van der Waals surface area contributed by atoms with Crippen molar-refractivity contribution in [2.75, 3.05) is 33.0 Å². The molecule has 0 amide bonds. The van der Waals surface area contributed by atoms with Crippen molar-refractivity contribution in [2.45, 2.75) is 18.9 Å². The molecule has 0 spiro atoms. The molecule has 0 bridgehead atoms. The van der Waals surface area contributed by atoms with Gasteiger partial charge in [0.15, 0.2) is 0 Å². The molecule has 0 radical (unpaired) electrons. The lowest BCUT2D eigenvalue weighted by molar-refractivity contribution is -0.143. The lowest BCUT2D eigenvalue weighted by atomic mass is 9.98. The quantitative estimate of drug-likeness (QED) is 0.854. The highest BCUT2D eigenvalue weighted by Gasteiger charge is 2.27. The summed E-state index contributed by atoms with van der Waals surface area (Å²) in [6.45, 7) is 2.86. The number of benzene rings is 2. The fourth-order valence-corrected chi connectivity index (χ4v) is 3.92. The van der Waals surface area contributed by atoms with E-state index in [1.54, 1.807) is 0 Å². The number of nitrogens with zero attached hydrogens (tertiary/aromatic N) is 1. The number of carboxylic acid groups (broad SMARTS) is 1. The average molecular weight is 383 g/mol. The van der Waals surface area contributed by atoms with Crippen LogP contribution in [-0.4, -0.2) is 49.0 Å². The number of piperidine rings is 1. The SMILES string of the molecule is O=C(O)[C@@H]1CCCN(CCOC2c3ccccc3OCOc3ccccc32)C1. The zero-order chi connectivity index (χ0) is 19.3. The van der Waals surface area contributed by atoms with Crippen molar-refractivity contribution >= 4 is 5.97 Å². The number of fused-ring (bicyclic) bond motifs is 2. The van der Waals surface area contributed by atoms with Crippen molar-refractivity contribution in [1.29, 1.82) is 0 Å². The van der Waals surface area contributed by atoms with Crippen molar-refractivity contribution in [2.24, 2.45) is 5.92 Å². The largest absolute Gasteiger partial charge is 0.481 e. The molecule has 0 aromatic heterocycles. The van der Waals surface area contributed by atoms with Gasteiger partial charge in [0.25, 0.3) is 0 Å². The van der Waals surface area contributed by atoms with E-state index in [9.17, 15) is 9.90 Å². The summed E-state index contributed by atoms with van der Waals surface area (Å²) in [6, 6.07) is 15.7. The Labute approximate surface area is 164 Å². The van der Waals surface area contributed by atoms with Crippen molar-refractivity contribution in [1.82, 2.24) is 4.90 Å². The first kappa shape index (κ1) is 18.8. The molecule has 1 atom stereocenters. The molecule has 0 aliphatic carbocycles. The molecular formula is C22H25NO5. The van der Waals surface area contributed by atoms with E-state index in [1.807, 2.05) is 48.5 Å². The number of hydrogen-bond acceptors (Lipinski definition) is 5. The van der Waals surface area contributed by atoms with Crippen LogP contribution >= 0.6 is 0 Å². The van der Waals surface area contributed by atoms with Gasteiger partial charge in [0.05, 0.1) is 12.5 Å². The molecule has 0 unspecified atom stereocenters. The maximum Gasteiger partial charge on any atom is 0.307 e. The summed E-state index contributed by atoms with van der Waals surface area (Å²) in [5.74, 6) is 0.526. The Kier molecular flexibility index (Phi) is 5.78. The van der Waals surface area contributed by atoms with Crippen LogP contribution in [0.3, 0.4) is 0 Å². The summed E-state index contributed by atoms with van der Waals surface area (Å²) in [7, 11) is 0. The summed E-state index contributed by atoms with van der Waals surface area (Å²) >= 11 is 0. The minimum absolute atomic E-state index is 0.158. The van der Waals surface area contributed by atoms with Gasteiger partial charge in [-0.05, 0) is 31.5 Å². The van der Waals surface area contributed by atoms with Gasteiger partial charge in [-0.3, -0.25) is 4.79 Å². The fourth-order valence-electron chi connectivity index (χ4n) is 3.92. The molecule has 28 heavy (non-hydrogen) atoms. The molecule has 1 N–H and O–H groups in total. The molecule has 2 aromatic rings. The number of likely N-dealkylation sites (tertiary alicyclic amines) is 1. The number of hydrogen-bond donors (Lipinski definition) is 1. The topological polar surface area (TPSA) is 68.2 Å². The minimum Gasteiger partial charge on any atom is -0.481 e. The number of para-hydroxylation sites is 2. The molecule has 1 fully saturated rings. The zero-order valence-corrected chi connectivity index (χ0v) is 15.8. The molecule has 2 aliphatic rings. The van der Waals surface area contributed by atoms with Gasteiger partial charge in [-0.1, -0.05) is 36.4 Å². The van der Waals surface area contributed by atoms with E-state index >= 15 is 0 Å². The Morgan fingerprint density at radius 2 is 1.71 bits per heavy atom. The van der Waals surface area contributed by atoms with E-state index in [4.69, 9.17) is 14.2 Å². The first-order valence-corrected chi connectivity index (χ1v) is 9.72. The highest BCUT2D eigenvalue weighted by Crippen LogP contribution is 2.38. The smallest absolute Gasteiger partial charge is 0.307 e. The van der Waals surface area contributed by atoms with Crippen LogP contribution in [0.15, 0.2) is 48.5 Å². The van der Waals surface area contributed by atoms with E-state index in [0.29, 0.717) is 19.7 Å². The highest BCUT2D eigenvalue weighted by molar-refractivity contribution is 5.70. The minimum atomic E-state index is -0.706. The van der Waals surface area contributed by atoms with E-state index in [1.165, 1.54) is 0 Å². The van der Waals surface area contributed by atoms with Crippen LogP contribution in [0.4, 0.5) is 0 Å². The molecule has 148 valence electrons. The van der Waals surface area contributed by atoms with Crippen LogP contribution < -0.4 is 9.47 Å². The molecule has 4 rings (SSSR count). The third kappa shape index (κ3) is 4.13. The molecule has 6 nitrogen and oxygen atoms in total. The zero-order valence-electron chi connectivity index (χ0n) is 15.8.